The zero-order chi connectivity index (χ0) is 25.0. The molecule has 2 aromatic rings. The van der Waals surface area contributed by atoms with Crippen molar-refractivity contribution in [2.24, 2.45) is 0 Å². The van der Waals surface area contributed by atoms with Gasteiger partial charge >= 0.3 is 0 Å². The molecule has 0 saturated carbocycles. The van der Waals surface area contributed by atoms with E-state index in [9.17, 15) is 0 Å². The molecule has 2 aromatic heterocycles. The van der Waals surface area contributed by atoms with Gasteiger partial charge in [0, 0.05) is 16.2 Å². The molecule has 33 heavy (non-hydrogen) atoms. The van der Waals surface area contributed by atoms with E-state index in [1.165, 1.54) is 6.33 Å². The molecular weight excluding hydrogens is 585 g/mol. The average Bonchev–Trinajstić information content (AvgIpc) is 3.19. The van der Waals surface area contributed by atoms with E-state index in [2.05, 4.69) is 111 Å². The lowest BCUT2D eigenvalue weighted by Crippen LogP contribution is -2.48. The SMILES string of the molecule is CC(C)(C)[Si](C)(C)OC[C@H]1O[C@@H](n2cc(I)c3c(Cl)ncnc32)C[C@H]1O[Si](C)(C)C(C)(C)C. The molecule has 3 rings (SSSR count). The second-order valence-electron chi connectivity index (χ2n) is 12.1. The highest BCUT2D eigenvalue weighted by Crippen LogP contribution is 2.43. The van der Waals surface area contributed by atoms with Crippen molar-refractivity contribution in [2.45, 2.75) is 103 Å². The van der Waals surface area contributed by atoms with E-state index >= 15 is 0 Å². The molecule has 0 N–H and O–H groups in total. The van der Waals surface area contributed by atoms with Crippen LogP contribution in [0, 0.1) is 3.57 Å². The Balaban J connectivity index is 1.91. The molecule has 1 aliphatic heterocycles. The largest absolute Gasteiger partial charge is 0.414 e. The molecule has 3 heterocycles. The number of nitrogens with zero attached hydrogens (tertiary/aromatic N) is 3. The predicted molar refractivity (Wildman–Crippen MR) is 149 cm³/mol. The zero-order valence-corrected chi connectivity index (χ0v) is 26.5. The summed E-state index contributed by atoms with van der Waals surface area (Å²) in [6.07, 6.45) is 3.95. The van der Waals surface area contributed by atoms with Crippen molar-refractivity contribution in [2.75, 3.05) is 6.61 Å². The Morgan fingerprint density at radius 2 is 1.70 bits per heavy atom. The van der Waals surface area contributed by atoms with Crippen LogP contribution in [0.2, 0.25) is 41.4 Å². The van der Waals surface area contributed by atoms with Gasteiger partial charge in [0.05, 0.1) is 18.1 Å². The first-order valence-electron chi connectivity index (χ1n) is 11.6. The van der Waals surface area contributed by atoms with Crippen LogP contribution >= 0.6 is 34.2 Å². The molecule has 0 radical (unpaired) electrons. The molecule has 1 aliphatic rings. The third-order valence-electron chi connectivity index (χ3n) is 7.67. The highest BCUT2D eigenvalue weighted by Gasteiger charge is 2.46. The van der Waals surface area contributed by atoms with Crippen molar-refractivity contribution in [1.29, 1.82) is 0 Å². The number of ether oxygens (including phenoxy) is 1. The maximum Gasteiger partial charge on any atom is 0.192 e. The fraction of sp³-hybridized carbons (Fsp3) is 0.739. The van der Waals surface area contributed by atoms with Crippen LogP contribution in [-0.2, 0) is 13.6 Å². The third kappa shape index (κ3) is 5.69. The lowest BCUT2D eigenvalue weighted by atomic mass is 10.2. The number of rotatable bonds is 6. The lowest BCUT2D eigenvalue weighted by Gasteiger charge is -2.40. The van der Waals surface area contributed by atoms with Gasteiger partial charge in [-0.1, -0.05) is 53.1 Å². The van der Waals surface area contributed by atoms with Gasteiger partial charge in [0.25, 0.3) is 0 Å². The summed E-state index contributed by atoms with van der Waals surface area (Å²) >= 11 is 8.66. The Hall–Kier alpha value is -0.0462. The van der Waals surface area contributed by atoms with E-state index in [4.69, 9.17) is 25.2 Å². The summed E-state index contributed by atoms with van der Waals surface area (Å²) in [7, 11) is -3.91. The van der Waals surface area contributed by atoms with Crippen LogP contribution in [0.4, 0.5) is 0 Å². The third-order valence-corrected chi connectivity index (χ3v) is 17.8. The van der Waals surface area contributed by atoms with Crippen molar-refractivity contribution < 1.29 is 13.6 Å². The molecule has 0 spiro atoms. The van der Waals surface area contributed by atoms with Gasteiger partial charge in [0.2, 0.25) is 0 Å². The first kappa shape index (κ1) is 27.5. The molecule has 3 atom stereocenters. The van der Waals surface area contributed by atoms with E-state index in [0.29, 0.717) is 11.8 Å². The first-order valence-corrected chi connectivity index (χ1v) is 18.9. The van der Waals surface area contributed by atoms with Gasteiger partial charge in [-0.2, -0.15) is 0 Å². The molecule has 1 saturated heterocycles. The van der Waals surface area contributed by atoms with Gasteiger partial charge in [0.15, 0.2) is 16.6 Å². The Bertz CT molecular complexity index is 1000. The molecule has 0 bridgehead atoms. The van der Waals surface area contributed by atoms with Crippen LogP contribution in [0.3, 0.4) is 0 Å². The number of hydrogen-bond acceptors (Lipinski definition) is 5. The van der Waals surface area contributed by atoms with E-state index < -0.39 is 16.6 Å². The molecule has 0 aliphatic carbocycles. The average molecular weight is 624 g/mol. The van der Waals surface area contributed by atoms with Crippen LogP contribution in [0.25, 0.3) is 11.0 Å². The van der Waals surface area contributed by atoms with Crippen molar-refractivity contribution >= 4 is 61.9 Å². The van der Waals surface area contributed by atoms with Crippen molar-refractivity contribution in [1.82, 2.24) is 14.5 Å². The summed E-state index contributed by atoms with van der Waals surface area (Å²) in [5, 5.41) is 1.59. The van der Waals surface area contributed by atoms with Crippen molar-refractivity contribution in [3.05, 3.63) is 21.2 Å². The molecule has 186 valence electrons. The van der Waals surface area contributed by atoms with Gasteiger partial charge < -0.3 is 18.2 Å². The zero-order valence-electron chi connectivity index (χ0n) is 21.6. The molecule has 0 amide bonds. The Morgan fingerprint density at radius 3 is 2.27 bits per heavy atom. The maximum absolute atomic E-state index is 6.90. The van der Waals surface area contributed by atoms with E-state index in [-0.39, 0.29) is 28.5 Å². The summed E-state index contributed by atoms with van der Waals surface area (Å²) in [4.78, 5) is 8.67. The van der Waals surface area contributed by atoms with Gasteiger partial charge in [0.1, 0.15) is 29.5 Å². The predicted octanol–water partition coefficient (Wildman–Crippen LogP) is 7.39. The minimum atomic E-state index is -1.99. The topological polar surface area (TPSA) is 58.4 Å². The summed E-state index contributed by atoms with van der Waals surface area (Å²) in [6, 6.07) is 0. The second kappa shape index (κ2) is 9.44. The number of fused-ring (bicyclic) bond motifs is 1. The molecular formula is C23H39ClIN3O3Si2. The normalized spacial score (nSPS) is 23.0. The van der Waals surface area contributed by atoms with Crippen molar-refractivity contribution in [3.8, 4) is 0 Å². The molecule has 0 unspecified atom stereocenters. The van der Waals surface area contributed by atoms with Gasteiger partial charge in [-0.3, -0.25) is 0 Å². The van der Waals surface area contributed by atoms with Crippen molar-refractivity contribution in [3.63, 3.8) is 0 Å². The Kier molecular flexibility index (Phi) is 7.88. The Morgan fingerprint density at radius 1 is 1.09 bits per heavy atom. The summed E-state index contributed by atoms with van der Waals surface area (Å²) in [5.74, 6) is 0. The number of hydrogen-bond donors (Lipinski definition) is 0. The highest BCUT2D eigenvalue weighted by atomic mass is 127. The van der Waals surface area contributed by atoms with Crippen LogP contribution in [0.1, 0.15) is 54.2 Å². The summed E-state index contributed by atoms with van der Waals surface area (Å²) < 4.78 is 23.2. The maximum atomic E-state index is 6.90. The van der Waals surface area contributed by atoms with Crippen LogP contribution in [-0.4, -0.2) is 50.0 Å². The van der Waals surface area contributed by atoms with Crippen LogP contribution < -0.4 is 0 Å². The van der Waals surface area contributed by atoms with Crippen LogP contribution in [0.5, 0.6) is 0 Å². The second-order valence-corrected chi connectivity index (χ2v) is 23.2. The summed E-state index contributed by atoms with van der Waals surface area (Å²) in [6.45, 7) is 23.3. The van der Waals surface area contributed by atoms with Gasteiger partial charge in [-0.25, -0.2) is 9.97 Å². The first-order chi connectivity index (χ1) is 14.9. The van der Waals surface area contributed by atoms with Crippen LogP contribution in [0.15, 0.2) is 12.5 Å². The quantitative estimate of drug-likeness (QED) is 0.191. The molecule has 1 fully saturated rings. The summed E-state index contributed by atoms with van der Waals surface area (Å²) in [5.41, 5.74) is 0.793. The Labute approximate surface area is 219 Å². The lowest BCUT2D eigenvalue weighted by molar-refractivity contribution is -0.0382. The fourth-order valence-corrected chi connectivity index (χ4v) is 6.99. The highest BCUT2D eigenvalue weighted by molar-refractivity contribution is 14.1. The minimum absolute atomic E-state index is 0.0342. The molecule has 0 aromatic carbocycles. The molecule has 10 heteroatoms. The van der Waals surface area contributed by atoms with Gasteiger partial charge in [-0.05, 0) is 58.9 Å². The molecule has 6 nitrogen and oxygen atoms in total. The van der Waals surface area contributed by atoms with E-state index in [0.717, 1.165) is 21.0 Å². The number of halogens is 2. The monoisotopic (exact) mass is 623 g/mol. The standard InChI is InChI=1S/C23H39ClIN3O3Si2/c1-22(2,3)32(7,8)29-13-17-16(31-33(9,10)23(4,5)6)11-18(30-17)28-12-15(25)19-20(24)26-14-27-21(19)28/h12,14,16-18H,11,13H2,1-10H3/t16-,17-,18-/m1/s1. The minimum Gasteiger partial charge on any atom is -0.414 e. The van der Waals surface area contributed by atoms with E-state index in [1.54, 1.807) is 0 Å². The van der Waals surface area contributed by atoms with Gasteiger partial charge in [-0.15, -0.1) is 0 Å². The fourth-order valence-electron chi connectivity index (χ4n) is 3.43. The number of aromatic nitrogens is 3. The van der Waals surface area contributed by atoms with E-state index in [1.807, 2.05) is 0 Å². The smallest absolute Gasteiger partial charge is 0.192 e.